The summed E-state index contributed by atoms with van der Waals surface area (Å²) in [6, 6.07) is 9.86. The summed E-state index contributed by atoms with van der Waals surface area (Å²) in [5, 5.41) is 7.50. The minimum Gasteiger partial charge on any atom is -0.490 e. The summed E-state index contributed by atoms with van der Waals surface area (Å²) >= 11 is 0. The largest absolute Gasteiger partial charge is 0.490 e. The van der Waals surface area contributed by atoms with Gasteiger partial charge in [0.2, 0.25) is 10.0 Å². The van der Waals surface area contributed by atoms with E-state index in [0.29, 0.717) is 30.4 Å². The number of primary sulfonamides is 1. The van der Waals surface area contributed by atoms with E-state index in [1.54, 1.807) is 13.0 Å². The van der Waals surface area contributed by atoms with Crippen LogP contribution in [-0.4, -0.2) is 40.1 Å². The number of amides is 1. The zero-order valence-electron chi connectivity index (χ0n) is 16.0. The van der Waals surface area contributed by atoms with Crippen LogP contribution in [0.4, 0.5) is 5.69 Å². The fourth-order valence-electron chi connectivity index (χ4n) is 2.32. The third-order valence-corrected chi connectivity index (χ3v) is 4.51. The highest BCUT2D eigenvalue weighted by atomic mass is 32.2. The van der Waals surface area contributed by atoms with Crippen LogP contribution in [0.5, 0.6) is 11.5 Å². The Labute approximate surface area is 168 Å². The second kappa shape index (κ2) is 9.89. The van der Waals surface area contributed by atoms with Crippen molar-refractivity contribution >= 4 is 27.6 Å². The van der Waals surface area contributed by atoms with Gasteiger partial charge in [-0.05, 0) is 56.3 Å². The highest BCUT2D eigenvalue weighted by Crippen LogP contribution is 2.28. The molecule has 0 heterocycles. The van der Waals surface area contributed by atoms with Crippen molar-refractivity contribution in [2.45, 2.75) is 18.7 Å². The van der Waals surface area contributed by atoms with Crippen molar-refractivity contribution < 1.29 is 32.2 Å². The van der Waals surface area contributed by atoms with Gasteiger partial charge < -0.3 is 19.5 Å². The Bertz CT molecular complexity index is 973. The molecule has 0 aromatic heterocycles. The van der Waals surface area contributed by atoms with E-state index in [1.807, 2.05) is 6.92 Å². The lowest BCUT2D eigenvalue weighted by molar-refractivity contribution is -0.119. The second-order valence-corrected chi connectivity index (χ2v) is 7.28. The molecule has 10 heteroatoms. The highest BCUT2D eigenvalue weighted by molar-refractivity contribution is 7.89. The molecule has 0 spiro atoms. The third-order valence-electron chi connectivity index (χ3n) is 3.58. The van der Waals surface area contributed by atoms with E-state index in [9.17, 15) is 18.0 Å². The van der Waals surface area contributed by atoms with Crippen molar-refractivity contribution in [2.24, 2.45) is 5.14 Å². The molecular weight excluding hydrogens is 400 g/mol. The fraction of sp³-hybridized carbons (Fsp3) is 0.263. The van der Waals surface area contributed by atoms with Crippen molar-refractivity contribution in [1.29, 1.82) is 0 Å². The fourth-order valence-corrected chi connectivity index (χ4v) is 2.83. The molecule has 0 aliphatic heterocycles. The SMILES string of the molecule is CCOc1ccc(C(=O)OCC(=O)Nc2ccc(S(N)(=O)=O)cc2)cc1OCC. The van der Waals surface area contributed by atoms with Gasteiger partial charge in [0.25, 0.3) is 5.91 Å². The molecule has 156 valence electrons. The topological polar surface area (TPSA) is 134 Å². The van der Waals surface area contributed by atoms with Gasteiger partial charge in [-0.1, -0.05) is 0 Å². The predicted molar refractivity (Wildman–Crippen MR) is 106 cm³/mol. The molecule has 0 saturated heterocycles. The van der Waals surface area contributed by atoms with Gasteiger partial charge in [-0.2, -0.15) is 0 Å². The Morgan fingerprint density at radius 1 is 0.966 bits per heavy atom. The van der Waals surface area contributed by atoms with E-state index in [0.717, 1.165) is 0 Å². The molecule has 0 bridgehead atoms. The summed E-state index contributed by atoms with van der Waals surface area (Å²) in [7, 11) is -3.82. The number of carbonyl (C=O) groups is 2. The van der Waals surface area contributed by atoms with Crippen LogP contribution in [0.1, 0.15) is 24.2 Å². The minimum absolute atomic E-state index is 0.0810. The summed E-state index contributed by atoms with van der Waals surface area (Å²) < 4.78 is 38.3. The summed E-state index contributed by atoms with van der Waals surface area (Å²) in [5.41, 5.74) is 0.542. The molecule has 0 aliphatic carbocycles. The van der Waals surface area contributed by atoms with Crippen LogP contribution in [0.3, 0.4) is 0 Å². The molecule has 2 aromatic rings. The Kier molecular flexibility index (Phi) is 7.57. The van der Waals surface area contributed by atoms with Crippen LogP contribution in [-0.2, 0) is 19.6 Å². The van der Waals surface area contributed by atoms with Gasteiger partial charge in [-0.25, -0.2) is 18.4 Å². The van der Waals surface area contributed by atoms with Gasteiger partial charge in [-0.15, -0.1) is 0 Å². The average Bonchev–Trinajstić information content (AvgIpc) is 2.67. The molecule has 0 saturated carbocycles. The van der Waals surface area contributed by atoms with Crippen molar-refractivity contribution in [3.8, 4) is 11.5 Å². The number of nitrogens with one attached hydrogen (secondary N) is 1. The van der Waals surface area contributed by atoms with E-state index >= 15 is 0 Å². The third kappa shape index (κ3) is 6.47. The zero-order chi connectivity index (χ0) is 21.4. The maximum absolute atomic E-state index is 12.2. The minimum atomic E-state index is -3.82. The summed E-state index contributed by atoms with van der Waals surface area (Å²) in [6.45, 7) is 3.96. The molecule has 0 aliphatic rings. The van der Waals surface area contributed by atoms with Crippen molar-refractivity contribution in [3.05, 3.63) is 48.0 Å². The Morgan fingerprint density at radius 2 is 1.59 bits per heavy atom. The van der Waals surface area contributed by atoms with Crippen LogP contribution in [0, 0.1) is 0 Å². The van der Waals surface area contributed by atoms with Gasteiger partial charge >= 0.3 is 5.97 Å². The number of sulfonamides is 1. The second-order valence-electron chi connectivity index (χ2n) is 5.72. The maximum Gasteiger partial charge on any atom is 0.338 e. The lowest BCUT2D eigenvalue weighted by Gasteiger charge is -2.12. The highest BCUT2D eigenvalue weighted by Gasteiger charge is 2.15. The first-order chi connectivity index (χ1) is 13.7. The van der Waals surface area contributed by atoms with E-state index in [1.165, 1.54) is 36.4 Å². The zero-order valence-corrected chi connectivity index (χ0v) is 16.8. The van der Waals surface area contributed by atoms with E-state index in [-0.39, 0.29) is 10.5 Å². The monoisotopic (exact) mass is 422 g/mol. The lowest BCUT2D eigenvalue weighted by atomic mass is 10.2. The summed E-state index contributed by atoms with van der Waals surface area (Å²) in [6.07, 6.45) is 0. The van der Waals surface area contributed by atoms with Crippen molar-refractivity contribution in [3.63, 3.8) is 0 Å². The van der Waals surface area contributed by atoms with Crippen LogP contribution in [0.15, 0.2) is 47.4 Å². The Balaban J connectivity index is 1.96. The average molecular weight is 422 g/mol. The molecule has 29 heavy (non-hydrogen) atoms. The predicted octanol–water partition coefficient (Wildman–Crippen LogP) is 1.93. The number of hydrogen-bond acceptors (Lipinski definition) is 7. The number of nitrogens with two attached hydrogens (primary N) is 1. The standard InChI is InChI=1S/C19H22N2O7S/c1-3-26-16-10-5-13(11-17(16)27-4-2)19(23)28-12-18(22)21-14-6-8-15(9-7-14)29(20,24)25/h5-11H,3-4,12H2,1-2H3,(H,21,22)(H2,20,24,25). The van der Waals surface area contributed by atoms with Gasteiger partial charge in [-0.3, -0.25) is 4.79 Å². The van der Waals surface area contributed by atoms with E-state index < -0.39 is 28.5 Å². The Hall–Kier alpha value is -3.11. The van der Waals surface area contributed by atoms with Crippen LogP contribution in [0.2, 0.25) is 0 Å². The van der Waals surface area contributed by atoms with Crippen molar-refractivity contribution in [1.82, 2.24) is 0 Å². The normalized spacial score (nSPS) is 10.9. The number of benzene rings is 2. The van der Waals surface area contributed by atoms with Gasteiger partial charge in [0, 0.05) is 5.69 Å². The van der Waals surface area contributed by atoms with E-state index in [2.05, 4.69) is 5.32 Å². The van der Waals surface area contributed by atoms with Crippen LogP contribution >= 0.6 is 0 Å². The van der Waals surface area contributed by atoms with Crippen molar-refractivity contribution in [2.75, 3.05) is 25.1 Å². The maximum atomic E-state index is 12.2. The molecule has 9 nitrogen and oxygen atoms in total. The summed E-state index contributed by atoms with van der Waals surface area (Å²) in [4.78, 5) is 24.1. The number of ether oxygens (including phenoxy) is 3. The van der Waals surface area contributed by atoms with Crippen LogP contribution < -0.4 is 19.9 Å². The number of carbonyl (C=O) groups excluding carboxylic acids is 2. The van der Waals surface area contributed by atoms with Gasteiger partial charge in [0.05, 0.1) is 23.7 Å². The molecule has 0 unspecified atom stereocenters. The molecule has 0 radical (unpaired) electrons. The smallest absolute Gasteiger partial charge is 0.338 e. The van der Waals surface area contributed by atoms with E-state index in [4.69, 9.17) is 19.3 Å². The molecular formula is C19H22N2O7S. The number of rotatable bonds is 9. The molecule has 0 atom stereocenters. The van der Waals surface area contributed by atoms with Crippen LogP contribution in [0.25, 0.3) is 0 Å². The molecule has 2 rings (SSSR count). The molecule has 2 aromatic carbocycles. The van der Waals surface area contributed by atoms with Gasteiger partial charge in [0.1, 0.15) is 0 Å². The molecule has 3 N–H and O–H groups in total. The lowest BCUT2D eigenvalue weighted by Crippen LogP contribution is -2.21. The number of anilines is 1. The first kappa shape index (κ1) is 22.2. The Morgan fingerprint density at radius 3 is 2.17 bits per heavy atom. The van der Waals surface area contributed by atoms with Gasteiger partial charge in [0.15, 0.2) is 18.1 Å². The summed E-state index contributed by atoms with van der Waals surface area (Å²) in [5.74, 6) is -0.374. The molecule has 0 fully saturated rings. The quantitative estimate of drug-likeness (QED) is 0.590. The first-order valence-corrected chi connectivity index (χ1v) is 10.3. The number of esters is 1. The number of hydrogen-bond donors (Lipinski definition) is 2. The first-order valence-electron chi connectivity index (χ1n) is 8.74. The molecule has 1 amide bonds.